The summed E-state index contributed by atoms with van der Waals surface area (Å²) >= 11 is 0. The van der Waals surface area contributed by atoms with E-state index in [1.54, 1.807) is 0 Å². The van der Waals surface area contributed by atoms with Crippen molar-refractivity contribution in [2.75, 3.05) is 6.61 Å². The number of nitrogens with zero attached hydrogens (tertiary/aromatic N) is 1. The van der Waals surface area contributed by atoms with Crippen LogP contribution in [0.2, 0.25) is 0 Å². The van der Waals surface area contributed by atoms with Crippen LogP contribution < -0.4 is 4.74 Å². The topological polar surface area (TPSA) is 22.1 Å². The van der Waals surface area contributed by atoms with Crippen molar-refractivity contribution in [1.82, 2.24) is 4.98 Å². The molecule has 0 amide bonds. The monoisotopic (exact) mass is 163 g/mol. The Balaban J connectivity index is 2.39. The Morgan fingerprint density at radius 3 is 3.00 bits per heavy atom. The van der Waals surface area contributed by atoms with E-state index in [0.717, 1.165) is 24.6 Å². The van der Waals surface area contributed by atoms with Crippen molar-refractivity contribution in [2.24, 2.45) is 0 Å². The minimum absolute atomic E-state index is 0.486. The van der Waals surface area contributed by atoms with Gasteiger partial charge in [0.05, 0.1) is 6.61 Å². The summed E-state index contributed by atoms with van der Waals surface area (Å²) in [4.78, 5) is 4.43. The molecule has 0 aliphatic carbocycles. The molecule has 0 N–H and O–H groups in total. The van der Waals surface area contributed by atoms with Crippen molar-refractivity contribution < 1.29 is 4.74 Å². The van der Waals surface area contributed by atoms with Gasteiger partial charge in [-0.25, -0.2) is 4.98 Å². The lowest BCUT2D eigenvalue weighted by atomic mass is 10.1. The van der Waals surface area contributed by atoms with E-state index in [0.29, 0.717) is 5.92 Å². The molecular weight excluding hydrogens is 150 g/mol. The van der Waals surface area contributed by atoms with Crippen molar-refractivity contribution in [3.05, 3.63) is 23.4 Å². The van der Waals surface area contributed by atoms with E-state index in [1.165, 1.54) is 5.56 Å². The molecule has 0 radical (unpaired) electrons. The minimum atomic E-state index is 0.486. The summed E-state index contributed by atoms with van der Waals surface area (Å²) in [5.41, 5.74) is 2.37. The number of aromatic nitrogens is 1. The Labute approximate surface area is 72.6 Å². The first-order chi connectivity index (χ1) is 5.77. The van der Waals surface area contributed by atoms with Crippen LogP contribution in [0, 0.1) is 0 Å². The van der Waals surface area contributed by atoms with E-state index < -0.39 is 0 Å². The van der Waals surface area contributed by atoms with Gasteiger partial charge in [0.2, 0.25) is 5.88 Å². The van der Waals surface area contributed by atoms with Gasteiger partial charge in [-0.1, -0.05) is 19.9 Å². The molecule has 0 bridgehead atoms. The number of hydrogen-bond donors (Lipinski definition) is 0. The van der Waals surface area contributed by atoms with E-state index in [9.17, 15) is 0 Å². The fourth-order valence-corrected chi connectivity index (χ4v) is 1.38. The van der Waals surface area contributed by atoms with Crippen LogP contribution in [0.25, 0.3) is 0 Å². The molecule has 0 aromatic carbocycles. The van der Waals surface area contributed by atoms with Crippen molar-refractivity contribution in [3.63, 3.8) is 0 Å². The Kier molecular flexibility index (Phi) is 1.75. The van der Waals surface area contributed by atoms with Gasteiger partial charge in [-0.2, -0.15) is 0 Å². The normalized spacial score (nSPS) is 14.6. The Hall–Kier alpha value is -1.05. The van der Waals surface area contributed by atoms with Gasteiger partial charge in [0.25, 0.3) is 0 Å². The predicted molar refractivity (Wildman–Crippen MR) is 47.5 cm³/mol. The third-order valence-corrected chi connectivity index (χ3v) is 2.16. The fourth-order valence-electron chi connectivity index (χ4n) is 1.38. The summed E-state index contributed by atoms with van der Waals surface area (Å²) in [7, 11) is 0. The van der Waals surface area contributed by atoms with Gasteiger partial charge in [0, 0.05) is 17.7 Å². The summed E-state index contributed by atoms with van der Waals surface area (Å²) in [6.45, 7) is 5.08. The van der Waals surface area contributed by atoms with Crippen molar-refractivity contribution in [2.45, 2.75) is 26.2 Å². The maximum absolute atomic E-state index is 5.38. The predicted octanol–water partition coefficient (Wildman–Crippen LogP) is 2.14. The van der Waals surface area contributed by atoms with Crippen LogP contribution in [0.5, 0.6) is 5.88 Å². The van der Waals surface area contributed by atoms with E-state index in [2.05, 4.69) is 31.0 Å². The van der Waals surface area contributed by atoms with Crippen molar-refractivity contribution in [3.8, 4) is 5.88 Å². The van der Waals surface area contributed by atoms with E-state index >= 15 is 0 Å². The van der Waals surface area contributed by atoms with Gasteiger partial charge in [-0.15, -0.1) is 0 Å². The summed E-state index contributed by atoms with van der Waals surface area (Å²) in [6.07, 6.45) is 1.01. The highest BCUT2D eigenvalue weighted by molar-refractivity contribution is 5.32. The van der Waals surface area contributed by atoms with Crippen LogP contribution in [-0.2, 0) is 6.42 Å². The number of pyridine rings is 1. The largest absolute Gasteiger partial charge is 0.477 e. The first-order valence-electron chi connectivity index (χ1n) is 4.40. The highest BCUT2D eigenvalue weighted by Crippen LogP contribution is 2.24. The minimum Gasteiger partial charge on any atom is -0.477 e. The number of fused-ring (bicyclic) bond motifs is 1. The summed E-state index contributed by atoms with van der Waals surface area (Å²) in [5, 5.41) is 0. The molecule has 0 unspecified atom stereocenters. The van der Waals surface area contributed by atoms with Gasteiger partial charge in [0.15, 0.2) is 0 Å². The van der Waals surface area contributed by atoms with Gasteiger partial charge < -0.3 is 4.74 Å². The third-order valence-electron chi connectivity index (χ3n) is 2.16. The van der Waals surface area contributed by atoms with Gasteiger partial charge in [-0.3, -0.25) is 0 Å². The van der Waals surface area contributed by atoms with Crippen LogP contribution in [0.3, 0.4) is 0 Å². The summed E-state index contributed by atoms with van der Waals surface area (Å²) in [5.74, 6) is 1.33. The molecule has 0 spiro atoms. The highest BCUT2D eigenvalue weighted by Gasteiger charge is 2.14. The van der Waals surface area contributed by atoms with Crippen molar-refractivity contribution in [1.29, 1.82) is 0 Å². The van der Waals surface area contributed by atoms with Crippen LogP contribution >= 0.6 is 0 Å². The Morgan fingerprint density at radius 1 is 1.42 bits per heavy atom. The average Bonchev–Trinajstić information content (AvgIpc) is 2.49. The zero-order chi connectivity index (χ0) is 8.55. The maximum Gasteiger partial charge on any atom is 0.216 e. The molecule has 1 aromatic rings. The molecule has 0 saturated carbocycles. The maximum atomic E-state index is 5.38. The van der Waals surface area contributed by atoms with Gasteiger partial charge in [0.1, 0.15) is 0 Å². The SMILES string of the molecule is CC(C)c1ccc2c(n1)OCC2. The molecule has 0 fully saturated rings. The highest BCUT2D eigenvalue weighted by atomic mass is 16.5. The molecule has 1 aromatic heterocycles. The molecule has 0 atom stereocenters. The smallest absolute Gasteiger partial charge is 0.216 e. The summed E-state index contributed by atoms with van der Waals surface area (Å²) < 4.78 is 5.38. The molecule has 64 valence electrons. The first-order valence-corrected chi connectivity index (χ1v) is 4.40. The number of ether oxygens (including phenoxy) is 1. The fraction of sp³-hybridized carbons (Fsp3) is 0.500. The van der Waals surface area contributed by atoms with Gasteiger partial charge >= 0.3 is 0 Å². The van der Waals surface area contributed by atoms with Crippen LogP contribution in [-0.4, -0.2) is 11.6 Å². The lowest BCUT2D eigenvalue weighted by Crippen LogP contribution is -1.94. The molecule has 1 aliphatic rings. The second kappa shape index (κ2) is 2.77. The second-order valence-corrected chi connectivity index (χ2v) is 3.45. The zero-order valence-electron chi connectivity index (χ0n) is 7.50. The first kappa shape index (κ1) is 7.59. The average molecular weight is 163 g/mol. The van der Waals surface area contributed by atoms with Crippen LogP contribution in [0.15, 0.2) is 12.1 Å². The van der Waals surface area contributed by atoms with E-state index in [4.69, 9.17) is 4.74 Å². The molecule has 1 aliphatic heterocycles. The number of rotatable bonds is 1. The zero-order valence-corrected chi connectivity index (χ0v) is 7.50. The van der Waals surface area contributed by atoms with E-state index in [-0.39, 0.29) is 0 Å². The quantitative estimate of drug-likeness (QED) is 0.632. The van der Waals surface area contributed by atoms with Crippen LogP contribution in [0.4, 0.5) is 0 Å². The molecule has 2 rings (SSSR count). The third kappa shape index (κ3) is 1.17. The Bertz CT molecular complexity index is 294. The standard InChI is InChI=1S/C10H13NO/c1-7(2)9-4-3-8-5-6-12-10(8)11-9/h3-4,7H,5-6H2,1-2H3. The molecule has 0 saturated heterocycles. The number of hydrogen-bond acceptors (Lipinski definition) is 2. The van der Waals surface area contributed by atoms with E-state index in [1.807, 2.05) is 0 Å². The molecular formula is C10H13NO. The summed E-state index contributed by atoms with van der Waals surface area (Å²) in [6, 6.07) is 4.23. The lowest BCUT2D eigenvalue weighted by Gasteiger charge is -2.05. The second-order valence-electron chi connectivity index (χ2n) is 3.45. The molecule has 2 heterocycles. The van der Waals surface area contributed by atoms with Crippen LogP contribution in [0.1, 0.15) is 31.0 Å². The molecule has 2 nitrogen and oxygen atoms in total. The molecule has 12 heavy (non-hydrogen) atoms. The van der Waals surface area contributed by atoms with Gasteiger partial charge in [-0.05, 0) is 12.0 Å². The Morgan fingerprint density at radius 2 is 2.25 bits per heavy atom. The van der Waals surface area contributed by atoms with Crippen molar-refractivity contribution >= 4 is 0 Å². The lowest BCUT2D eigenvalue weighted by molar-refractivity contribution is 0.343. The molecule has 2 heteroatoms.